The summed E-state index contributed by atoms with van der Waals surface area (Å²) in [7, 11) is 0. The van der Waals surface area contributed by atoms with Gasteiger partial charge in [-0.2, -0.15) is 13.2 Å². The van der Waals surface area contributed by atoms with Crippen LogP contribution in [0.5, 0.6) is 0 Å². The summed E-state index contributed by atoms with van der Waals surface area (Å²) < 4.78 is 36.3. The molecule has 5 nitrogen and oxygen atoms in total. The number of carboxylic acids is 1. The number of aliphatic carboxylic acids is 1. The summed E-state index contributed by atoms with van der Waals surface area (Å²) in [6, 6.07) is -0.208. The normalized spacial score (nSPS) is 11.9. The molecule has 100 valence electrons. The van der Waals surface area contributed by atoms with Gasteiger partial charge in [0.15, 0.2) is 0 Å². The van der Waals surface area contributed by atoms with E-state index in [0.29, 0.717) is 4.90 Å². The van der Waals surface area contributed by atoms with Gasteiger partial charge in [0.1, 0.15) is 0 Å². The maximum Gasteiger partial charge on any atom is 0.401 e. The van der Waals surface area contributed by atoms with Crippen LogP contribution in [-0.4, -0.2) is 53.7 Å². The standard InChI is InChI=1S/C9H15F3N2O3/c1-6(2)13-7(15)3-14(4-8(16)17)5-9(10,11)12/h6H,3-5H2,1-2H3,(H,13,15)(H,16,17). The summed E-state index contributed by atoms with van der Waals surface area (Å²) >= 11 is 0. The zero-order chi connectivity index (χ0) is 13.6. The number of nitrogens with zero attached hydrogens (tertiary/aromatic N) is 1. The Morgan fingerprint density at radius 3 is 2.18 bits per heavy atom. The molecule has 0 unspecified atom stereocenters. The van der Waals surface area contributed by atoms with E-state index in [1.54, 1.807) is 13.8 Å². The van der Waals surface area contributed by atoms with Crippen LogP contribution in [0.3, 0.4) is 0 Å². The van der Waals surface area contributed by atoms with E-state index in [9.17, 15) is 22.8 Å². The third kappa shape index (κ3) is 9.61. The Hall–Kier alpha value is -1.31. The lowest BCUT2D eigenvalue weighted by Gasteiger charge is -2.21. The number of hydrogen-bond donors (Lipinski definition) is 2. The van der Waals surface area contributed by atoms with Gasteiger partial charge < -0.3 is 10.4 Å². The third-order valence-corrected chi connectivity index (χ3v) is 1.58. The smallest absolute Gasteiger partial charge is 0.401 e. The van der Waals surface area contributed by atoms with Gasteiger partial charge in [0.05, 0.1) is 19.6 Å². The molecular weight excluding hydrogens is 241 g/mol. The molecule has 0 aliphatic carbocycles. The van der Waals surface area contributed by atoms with Gasteiger partial charge in [-0.15, -0.1) is 0 Å². The molecule has 0 aromatic rings. The number of carboxylic acid groups (broad SMARTS) is 1. The minimum absolute atomic E-state index is 0.208. The Bertz CT molecular complexity index is 279. The molecule has 0 aliphatic heterocycles. The first kappa shape index (κ1) is 15.7. The SMILES string of the molecule is CC(C)NC(=O)CN(CC(=O)O)CC(F)(F)F. The van der Waals surface area contributed by atoms with E-state index in [2.05, 4.69) is 5.32 Å². The third-order valence-electron chi connectivity index (χ3n) is 1.58. The fourth-order valence-electron chi connectivity index (χ4n) is 1.18. The first-order valence-electron chi connectivity index (χ1n) is 4.90. The lowest BCUT2D eigenvalue weighted by Crippen LogP contribution is -2.45. The molecule has 8 heteroatoms. The van der Waals surface area contributed by atoms with Crippen molar-refractivity contribution < 1.29 is 27.9 Å². The maximum absolute atomic E-state index is 12.1. The Kier molecular flexibility index (Phi) is 5.94. The van der Waals surface area contributed by atoms with Crippen LogP contribution in [0, 0.1) is 0 Å². The molecule has 0 aliphatic rings. The predicted octanol–water partition coefficient (Wildman–Crippen LogP) is 0.460. The van der Waals surface area contributed by atoms with Crippen molar-refractivity contribution >= 4 is 11.9 Å². The molecule has 0 fully saturated rings. The van der Waals surface area contributed by atoms with Crippen molar-refractivity contribution in [2.45, 2.75) is 26.1 Å². The highest BCUT2D eigenvalue weighted by atomic mass is 19.4. The van der Waals surface area contributed by atoms with Crippen LogP contribution in [0.2, 0.25) is 0 Å². The second kappa shape index (κ2) is 6.43. The molecule has 0 atom stereocenters. The Labute approximate surface area is 96.6 Å². The average Bonchev–Trinajstić information content (AvgIpc) is 1.95. The van der Waals surface area contributed by atoms with E-state index in [4.69, 9.17) is 5.11 Å². The summed E-state index contributed by atoms with van der Waals surface area (Å²) in [4.78, 5) is 22.1. The van der Waals surface area contributed by atoms with E-state index < -0.39 is 37.7 Å². The van der Waals surface area contributed by atoms with Crippen molar-refractivity contribution in [1.82, 2.24) is 10.2 Å². The molecule has 0 saturated heterocycles. The fraction of sp³-hybridized carbons (Fsp3) is 0.778. The molecule has 1 amide bonds. The van der Waals surface area contributed by atoms with Gasteiger partial charge in [0, 0.05) is 6.04 Å². The molecule has 0 aromatic carbocycles. The van der Waals surface area contributed by atoms with Crippen LogP contribution < -0.4 is 5.32 Å². The minimum Gasteiger partial charge on any atom is -0.480 e. The number of carbonyl (C=O) groups excluding carboxylic acids is 1. The largest absolute Gasteiger partial charge is 0.480 e. The van der Waals surface area contributed by atoms with Crippen LogP contribution in [0.15, 0.2) is 0 Å². The van der Waals surface area contributed by atoms with Gasteiger partial charge in [-0.05, 0) is 13.8 Å². The van der Waals surface area contributed by atoms with Gasteiger partial charge in [-0.25, -0.2) is 0 Å². The van der Waals surface area contributed by atoms with Crippen LogP contribution in [0.25, 0.3) is 0 Å². The Balaban J connectivity index is 4.38. The predicted molar refractivity (Wildman–Crippen MR) is 53.4 cm³/mol. The monoisotopic (exact) mass is 256 g/mol. The van der Waals surface area contributed by atoms with Crippen molar-refractivity contribution in [2.75, 3.05) is 19.6 Å². The lowest BCUT2D eigenvalue weighted by molar-refractivity contribution is -0.155. The van der Waals surface area contributed by atoms with Gasteiger partial charge in [0.2, 0.25) is 5.91 Å². The van der Waals surface area contributed by atoms with E-state index >= 15 is 0 Å². The van der Waals surface area contributed by atoms with Gasteiger partial charge >= 0.3 is 12.1 Å². The zero-order valence-electron chi connectivity index (χ0n) is 9.54. The number of nitrogens with one attached hydrogen (secondary N) is 1. The second-order valence-corrected chi connectivity index (χ2v) is 3.88. The summed E-state index contributed by atoms with van der Waals surface area (Å²) in [6.07, 6.45) is -4.53. The van der Waals surface area contributed by atoms with E-state index in [0.717, 1.165) is 0 Å². The maximum atomic E-state index is 12.1. The molecule has 0 saturated carbocycles. The summed E-state index contributed by atoms with van der Waals surface area (Å²) in [5.74, 6) is -2.04. The molecule has 0 rings (SSSR count). The number of hydrogen-bond acceptors (Lipinski definition) is 3. The number of rotatable bonds is 6. The van der Waals surface area contributed by atoms with Crippen molar-refractivity contribution in [3.63, 3.8) is 0 Å². The average molecular weight is 256 g/mol. The fourth-order valence-corrected chi connectivity index (χ4v) is 1.18. The van der Waals surface area contributed by atoms with Gasteiger partial charge in [-0.1, -0.05) is 0 Å². The molecule has 0 radical (unpaired) electrons. The lowest BCUT2D eigenvalue weighted by atomic mass is 10.3. The first-order valence-corrected chi connectivity index (χ1v) is 4.90. The zero-order valence-corrected chi connectivity index (χ0v) is 9.54. The molecule has 0 heterocycles. The highest BCUT2D eigenvalue weighted by molar-refractivity contribution is 5.79. The summed E-state index contributed by atoms with van der Waals surface area (Å²) in [6.45, 7) is 0.465. The number of halogens is 3. The highest BCUT2D eigenvalue weighted by Gasteiger charge is 2.32. The van der Waals surface area contributed by atoms with Crippen molar-refractivity contribution in [3.8, 4) is 0 Å². The molecule has 0 bridgehead atoms. The van der Waals surface area contributed by atoms with Crippen molar-refractivity contribution in [3.05, 3.63) is 0 Å². The number of amides is 1. The first-order chi connectivity index (χ1) is 7.60. The van der Waals surface area contributed by atoms with Crippen LogP contribution in [0.1, 0.15) is 13.8 Å². The van der Waals surface area contributed by atoms with Gasteiger partial charge in [0.25, 0.3) is 0 Å². The number of carbonyl (C=O) groups is 2. The molecule has 0 spiro atoms. The topological polar surface area (TPSA) is 69.6 Å². The van der Waals surface area contributed by atoms with E-state index in [1.807, 2.05) is 0 Å². The summed E-state index contributed by atoms with van der Waals surface area (Å²) in [5, 5.41) is 10.8. The molecular formula is C9H15F3N2O3. The number of alkyl halides is 3. The van der Waals surface area contributed by atoms with E-state index in [-0.39, 0.29) is 6.04 Å². The second-order valence-electron chi connectivity index (χ2n) is 3.88. The quantitative estimate of drug-likeness (QED) is 0.724. The van der Waals surface area contributed by atoms with Crippen LogP contribution >= 0.6 is 0 Å². The van der Waals surface area contributed by atoms with Gasteiger partial charge in [-0.3, -0.25) is 14.5 Å². The summed E-state index contributed by atoms with van der Waals surface area (Å²) in [5.41, 5.74) is 0. The van der Waals surface area contributed by atoms with Crippen LogP contribution in [0.4, 0.5) is 13.2 Å². The van der Waals surface area contributed by atoms with Crippen molar-refractivity contribution in [1.29, 1.82) is 0 Å². The van der Waals surface area contributed by atoms with Crippen LogP contribution in [-0.2, 0) is 9.59 Å². The molecule has 2 N–H and O–H groups in total. The minimum atomic E-state index is -4.53. The highest BCUT2D eigenvalue weighted by Crippen LogP contribution is 2.16. The van der Waals surface area contributed by atoms with E-state index in [1.165, 1.54) is 0 Å². The molecule has 17 heavy (non-hydrogen) atoms. The molecule has 0 aromatic heterocycles. The Morgan fingerprint density at radius 2 is 1.82 bits per heavy atom. The Morgan fingerprint density at radius 1 is 1.29 bits per heavy atom. The van der Waals surface area contributed by atoms with Crippen molar-refractivity contribution in [2.24, 2.45) is 0 Å².